The average molecular weight is 293 g/mol. The first-order valence-corrected chi connectivity index (χ1v) is 7.51. The molecule has 0 saturated carbocycles. The molecule has 0 aliphatic heterocycles. The van der Waals surface area contributed by atoms with Gasteiger partial charge in [0.25, 0.3) is 0 Å². The Morgan fingerprint density at radius 1 is 1.33 bits per heavy atom. The van der Waals surface area contributed by atoms with E-state index in [4.69, 9.17) is 4.74 Å². The summed E-state index contributed by atoms with van der Waals surface area (Å²) in [5, 5.41) is 12.5. The maximum absolute atomic E-state index is 12.1. The van der Waals surface area contributed by atoms with E-state index in [9.17, 15) is 9.90 Å². The molecule has 0 spiro atoms. The van der Waals surface area contributed by atoms with Gasteiger partial charge < -0.3 is 15.2 Å². The fourth-order valence-corrected chi connectivity index (χ4v) is 2.35. The predicted molar refractivity (Wildman–Crippen MR) is 84.5 cm³/mol. The second-order valence-electron chi connectivity index (χ2n) is 5.63. The molecule has 0 radical (unpaired) electrons. The lowest BCUT2D eigenvalue weighted by Crippen LogP contribution is -2.40. The van der Waals surface area contributed by atoms with Crippen LogP contribution in [0.25, 0.3) is 0 Å². The van der Waals surface area contributed by atoms with Gasteiger partial charge in [-0.25, -0.2) is 0 Å². The van der Waals surface area contributed by atoms with E-state index in [0.717, 1.165) is 29.7 Å². The lowest BCUT2D eigenvalue weighted by atomic mass is 9.83. The van der Waals surface area contributed by atoms with Crippen LogP contribution in [0, 0.1) is 12.3 Å². The summed E-state index contributed by atoms with van der Waals surface area (Å²) in [5.74, 6) is 0.689. The summed E-state index contributed by atoms with van der Waals surface area (Å²) in [6.45, 7) is 6.66. The van der Waals surface area contributed by atoms with Crippen LogP contribution in [0.5, 0.6) is 5.75 Å². The molecule has 0 aliphatic carbocycles. The molecule has 0 heterocycles. The second-order valence-corrected chi connectivity index (χ2v) is 5.63. The lowest BCUT2D eigenvalue weighted by Gasteiger charge is -2.29. The van der Waals surface area contributed by atoms with Gasteiger partial charge in [-0.15, -0.1) is 0 Å². The molecule has 118 valence electrons. The van der Waals surface area contributed by atoms with Crippen molar-refractivity contribution in [2.45, 2.75) is 40.0 Å². The molecule has 2 N–H and O–H groups in total. The number of nitrogens with one attached hydrogen (secondary N) is 1. The minimum absolute atomic E-state index is 0.0429. The minimum atomic E-state index is -0.216. The molecule has 4 heteroatoms. The predicted octanol–water partition coefficient (Wildman–Crippen LogP) is 2.46. The van der Waals surface area contributed by atoms with Gasteiger partial charge in [-0.05, 0) is 25.8 Å². The molecular weight excluding hydrogens is 266 g/mol. The van der Waals surface area contributed by atoms with Crippen molar-refractivity contribution in [2.75, 3.05) is 20.3 Å². The van der Waals surface area contributed by atoms with Crippen molar-refractivity contribution >= 4 is 5.91 Å². The lowest BCUT2D eigenvalue weighted by molar-refractivity contribution is -0.121. The minimum Gasteiger partial charge on any atom is -0.496 e. The number of ether oxygens (including phenoxy) is 1. The number of aryl methyl sites for hydroxylation is 1. The molecule has 1 aromatic rings. The van der Waals surface area contributed by atoms with Crippen molar-refractivity contribution in [1.29, 1.82) is 0 Å². The van der Waals surface area contributed by atoms with Crippen LogP contribution in [0.3, 0.4) is 0 Å². The maximum atomic E-state index is 12.1. The summed E-state index contributed by atoms with van der Waals surface area (Å²) in [7, 11) is 1.61. The number of hydrogen-bond acceptors (Lipinski definition) is 3. The molecule has 1 aromatic carbocycles. The van der Waals surface area contributed by atoms with Crippen LogP contribution in [0.2, 0.25) is 0 Å². The molecule has 0 aliphatic rings. The Morgan fingerprint density at radius 2 is 2.00 bits per heavy atom. The normalized spacial score (nSPS) is 11.3. The maximum Gasteiger partial charge on any atom is 0.224 e. The van der Waals surface area contributed by atoms with Gasteiger partial charge in [0, 0.05) is 17.5 Å². The largest absolute Gasteiger partial charge is 0.496 e. The topological polar surface area (TPSA) is 58.6 Å². The molecule has 0 atom stereocenters. The van der Waals surface area contributed by atoms with Gasteiger partial charge in [0.1, 0.15) is 5.75 Å². The number of carbonyl (C=O) groups excluding carboxylic acids is 1. The molecule has 0 aromatic heterocycles. The zero-order chi connectivity index (χ0) is 15.9. The van der Waals surface area contributed by atoms with Crippen molar-refractivity contribution in [3.05, 3.63) is 29.3 Å². The Labute approximate surface area is 127 Å². The number of methoxy groups -OCH3 is 1. The quantitative estimate of drug-likeness (QED) is 0.774. The number of hydrogen-bond donors (Lipinski definition) is 2. The van der Waals surface area contributed by atoms with Crippen molar-refractivity contribution < 1.29 is 14.6 Å². The zero-order valence-electron chi connectivity index (χ0n) is 13.5. The SMILES string of the molecule is CCC(CC)(CO)CNC(=O)Cc1cc(C)ccc1OC. The van der Waals surface area contributed by atoms with E-state index in [0.29, 0.717) is 13.0 Å². The Morgan fingerprint density at radius 3 is 2.52 bits per heavy atom. The van der Waals surface area contributed by atoms with Crippen LogP contribution in [0.15, 0.2) is 18.2 Å². The molecule has 1 rings (SSSR count). The summed E-state index contributed by atoms with van der Waals surface area (Å²) < 4.78 is 5.29. The number of rotatable bonds is 8. The van der Waals surface area contributed by atoms with Crippen LogP contribution in [0.1, 0.15) is 37.8 Å². The third-order valence-electron chi connectivity index (χ3n) is 4.28. The molecular formula is C17H27NO3. The van der Waals surface area contributed by atoms with E-state index in [1.807, 2.05) is 39.0 Å². The fraction of sp³-hybridized carbons (Fsp3) is 0.588. The zero-order valence-corrected chi connectivity index (χ0v) is 13.5. The first-order chi connectivity index (χ1) is 10.00. The third kappa shape index (κ3) is 4.74. The third-order valence-corrected chi connectivity index (χ3v) is 4.28. The second kappa shape index (κ2) is 8.03. The van der Waals surface area contributed by atoms with E-state index in [2.05, 4.69) is 5.32 Å². The Kier molecular flexibility index (Phi) is 6.69. The average Bonchev–Trinajstić information content (AvgIpc) is 2.49. The van der Waals surface area contributed by atoms with Crippen molar-refractivity contribution in [2.24, 2.45) is 5.41 Å². The summed E-state index contributed by atoms with van der Waals surface area (Å²) >= 11 is 0. The van der Waals surface area contributed by atoms with Gasteiger partial charge in [-0.2, -0.15) is 0 Å². The van der Waals surface area contributed by atoms with Gasteiger partial charge in [-0.3, -0.25) is 4.79 Å². The van der Waals surface area contributed by atoms with Crippen LogP contribution in [-0.4, -0.2) is 31.3 Å². The van der Waals surface area contributed by atoms with Crippen LogP contribution in [-0.2, 0) is 11.2 Å². The summed E-state index contributed by atoms with van der Waals surface area (Å²) in [6.07, 6.45) is 1.97. The summed E-state index contributed by atoms with van der Waals surface area (Å²) in [6, 6.07) is 5.82. The molecule has 0 unspecified atom stereocenters. The first kappa shape index (κ1) is 17.5. The van der Waals surface area contributed by atoms with Gasteiger partial charge in [0.05, 0.1) is 20.1 Å². The Balaban J connectivity index is 2.68. The summed E-state index contributed by atoms with van der Waals surface area (Å²) in [4.78, 5) is 12.1. The highest BCUT2D eigenvalue weighted by atomic mass is 16.5. The van der Waals surface area contributed by atoms with Gasteiger partial charge in [-0.1, -0.05) is 31.5 Å². The number of aliphatic hydroxyl groups is 1. The van der Waals surface area contributed by atoms with Crippen molar-refractivity contribution in [3.8, 4) is 5.75 Å². The number of carbonyl (C=O) groups is 1. The molecule has 0 bridgehead atoms. The van der Waals surface area contributed by atoms with Crippen LogP contribution >= 0.6 is 0 Å². The molecule has 1 amide bonds. The van der Waals surface area contributed by atoms with E-state index in [-0.39, 0.29) is 17.9 Å². The van der Waals surface area contributed by atoms with E-state index < -0.39 is 0 Å². The summed E-state index contributed by atoms with van der Waals surface area (Å²) in [5.41, 5.74) is 1.77. The number of amides is 1. The van der Waals surface area contributed by atoms with Gasteiger partial charge >= 0.3 is 0 Å². The fourth-order valence-electron chi connectivity index (χ4n) is 2.35. The number of benzene rings is 1. The van der Waals surface area contributed by atoms with Crippen molar-refractivity contribution in [3.63, 3.8) is 0 Å². The number of aliphatic hydroxyl groups excluding tert-OH is 1. The highest BCUT2D eigenvalue weighted by Crippen LogP contribution is 2.24. The molecule has 0 fully saturated rings. The van der Waals surface area contributed by atoms with E-state index in [1.165, 1.54) is 0 Å². The van der Waals surface area contributed by atoms with Crippen molar-refractivity contribution in [1.82, 2.24) is 5.32 Å². The van der Waals surface area contributed by atoms with Gasteiger partial charge in [0.15, 0.2) is 0 Å². The van der Waals surface area contributed by atoms with Gasteiger partial charge in [0.2, 0.25) is 5.91 Å². The standard InChI is InChI=1S/C17H27NO3/c1-5-17(6-2,12-19)11-18-16(20)10-14-9-13(3)7-8-15(14)21-4/h7-9,19H,5-6,10-12H2,1-4H3,(H,18,20). The monoisotopic (exact) mass is 293 g/mol. The molecule has 0 saturated heterocycles. The Bertz CT molecular complexity index is 459. The Hall–Kier alpha value is -1.55. The van der Waals surface area contributed by atoms with E-state index >= 15 is 0 Å². The smallest absolute Gasteiger partial charge is 0.224 e. The van der Waals surface area contributed by atoms with Crippen LogP contribution in [0.4, 0.5) is 0 Å². The molecule has 4 nitrogen and oxygen atoms in total. The molecule has 21 heavy (non-hydrogen) atoms. The van der Waals surface area contributed by atoms with Crippen LogP contribution < -0.4 is 10.1 Å². The first-order valence-electron chi connectivity index (χ1n) is 7.51. The highest BCUT2D eigenvalue weighted by molar-refractivity contribution is 5.79. The van der Waals surface area contributed by atoms with E-state index in [1.54, 1.807) is 7.11 Å². The highest BCUT2D eigenvalue weighted by Gasteiger charge is 2.25.